The lowest BCUT2D eigenvalue weighted by Gasteiger charge is -2.26. The number of fused-ring (bicyclic) bond motifs is 1. The molecule has 0 spiro atoms. The molecule has 0 aliphatic carbocycles. The predicted octanol–water partition coefficient (Wildman–Crippen LogP) is 4.73. The number of halogens is 2. The first-order valence-corrected chi connectivity index (χ1v) is 13.6. The van der Waals surface area contributed by atoms with Crippen molar-refractivity contribution in [1.82, 2.24) is 4.57 Å². The molecule has 0 fully saturated rings. The van der Waals surface area contributed by atoms with E-state index < -0.39 is 12.0 Å². The van der Waals surface area contributed by atoms with E-state index in [1.165, 1.54) is 11.3 Å². The number of hydrogen-bond acceptors (Lipinski definition) is 7. The van der Waals surface area contributed by atoms with Gasteiger partial charge in [0.1, 0.15) is 0 Å². The van der Waals surface area contributed by atoms with Gasteiger partial charge in [0.2, 0.25) is 0 Å². The molecule has 0 radical (unpaired) electrons. The molecule has 0 unspecified atom stereocenters. The molecule has 4 rings (SSSR count). The standard InChI is InChI=1S/C26H24Br2N2O5S/c1-5-34-20-13-18(28)17(12-19(20)33-4)23-22(25(32)35-6-2)14(3)29-26-30(23)24(31)21(36-26)11-15-7-9-16(27)10-8-15/h7-13,23H,5-6H2,1-4H3/b21-11+/t23-/m0/s1. The van der Waals surface area contributed by atoms with Gasteiger partial charge in [-0.25, -0.2) is 9.79 Å². The highest BCUT2D eigenvalue weighted by atomic mass is 79.9. The smallest absolute Gasteiger partial charge is 0.338 e. The second-order valence-corrected chi connectivity index (χ2v) is 10.6. The van der Waals surface area contributed by atoms with Crippen LogP contribution in [0.3, 0.4) is 0 Å². The minimum Gasteiger partial charge on any atom is -0.493 e. The number of hydrogen-bond donors (Lipinski definition) is 0. The molecule has 0 N–H and O–H groups in total. The Kier molecular flexibility index (Phi) is 8.17. The topological polar surface area (TPSA) is 79.1 Å². The zero-order chi connectivity index (χ0) is 26.0. The van der Waals surface area contributed by atoms with Crippen LogP contribution in [0.5, 0.6) is 11.5 Å². The third-order valence-corrected chi connectivity index (χ3v) is 7.76. The summed E-state index contributed by atoms with van der Waals surface area (Å²) in [7, 11) is 1.55. The summed E-state index contributed by atoms with van der Waals surface area (Å²) in [5.41, 5.74) is 2.08. The average Bonchev–Trinajstić information content (AvgIpc) is 3.14. The molecule has 0 bridgehead atoms. The summed E-state index contributed by atoms with van der Waals surface area (Å²) >= 11 is 8.34. The van der Waals surface area contributed by atoms with Gasteiger partial charge in [-0.3, -0.25) is 9.36 Å². The van der Waals surface area contributed by atoms with Crippen LogP contribution in [0, 0.1) is 0 Å². The highest BCUT2D eigenvalue weighted by Crippen LogP contribution is 2.41. The van der Waals surface area contributed by atoms with Crippen molar-refractivity contribution >= 4 is 55.2 Å². The van der Waals surface area contributed by atoms with Gasteiger partial charge in [-0.05, 0) is 62.2 Å². The number of rotatable bonds is 7. The SMILES string of the molecule is CCOC(=O)C1=C(C)N=c2s/c(=C/c3ccc(Br)cc3)c(=O)n2[C@H]1c1cc(OC)c(OCC)cc1Br. The predicted molar refractivity (Wildman–Crippen MR) is 146 cm³/mol. The van der Waals surface area contributed by atoms with E-state index in [2.05, 4.69) is 36.9 Å². The van der Waals surface area contributed by atoms with E-state index in [-0.39, 0.29) is 12.2 Å². The first-order valence-electron chi connectivity index (χ1n) is 11.2. The summed E-state index contributed by atoms with van der Waals surface area (Å²) in [4.78, 5) is 32.0. The van der Waals surface area contributed by atoms with Crippen LogP contribution < -0.4 is 24.4 Å². The molecule has 2 aromatic carbocycles. The Balaban J connectivity index is 1.99. The highest BCUT2D eigenvalue weighted by molar-refractivity contribution is 9.10. The number of nitrogens with zero attached hydrogens (tertiary/aromatic N) is 2. The molecule has 2 heterocycles. The Hall–Kier alpha value is -2.69. The Bertz CT molecular complexity index is 1520. The number of carbonyl (C=O) groups is 1. The maximum atomic E-state index is 13.8. The molecule has 1 aromatic heterocycles. The van der Waals surface area contributed by atoms with Crippen LogP contribution in [0.25, 0.3) is 6.08 Å². The van der Waals surface area contributed by atoms with E-state index in [1.54, 1.807) is 37.7 Å². The first kappa shape index (κ1) is 26.4. The van der Waals surface area contributed by atoms with Crippen LogP contribution in [0.1, 0.15) is 37.9 Å². The van der Waals surface area contributed by atoms with Crippen LogP contribution in [-0.4, -0.2) is 30.9 Å². The minimum absolute atomic E-state index is 0.199. The first-order chi connectivity index (χ1) is 17.3. The molecule has 36 heavy (non-hydrogen) atoms. The number of aromatic nitrogens is 1. The monoisotopic (exact) mass is 634 g/mol. The van der Waals surface area contributed by atoms with Crippen LogP contribution in [0.4, 0.5) is 0 Å². The highest BCUT2D eigenvalue weighted by Gasteiger charge is 2.35. The lowest BCUT2D eigenvalue weighted by Crippen LogP contribution is -2.40. The minimum atomic E-state index is -0.772. The fourth-order valence-corrected chi connectivity index (χ4v) is 5.83. The third kappa shape index (κ3) is 5.07. The number of carbonyl (C=O) groups excluding carboxylic acids is 1. The normalized spacial score (nSPS) is 15.4. The maximum Gasteiger partial charge on any atom is 0.338 e. The van der Waals surface area contributed by atoms with Gasteiger partial charge in [0, 0.05) is 8.95 Å². The molecular weight excluding hydrogens is 612 g/mol. The lowest BCUT2D eigenvalue weighted by molar-refractivity contribution is -0.139. The summed E-state index contributed by atoms with van der Waals surface area (Å²) in [6, 6.07) is 10.5. The molecule has 1 aliphatic rings. The second-order valence-electron chi connectivity index (χ2n) is 7.81. The average molecular weight is 636 g/mol. The van der Waals surface area contributed by atoms with Crippen molar-refractivity contribution < 1.29 is 19.0 Å². The summed E-state index contributed by atoms with van der Waals surface area (Å²) in [6.07, 6.45) is 1.82. The summed E-state index contributed by atoms with van der Waals surface area (Å²) in [5.74, 6) is 0.521. The molecule has 1 atom stereocenters. The van der Waals surface area contributed by atoms with Gasteiger partial charge in [-0.15, -0.1) is 0 Å². The van der Waals surface area contributed by atoms with Gasteiger partial charge < -0.3 is 14.2 Å². The van der Waals surface area contributed by atoms with Crippen LogP contribution >= 0.6 is 43.2 Å². The Morgan fingerprint density at radius 2 is 1.86 bits per heavy atom. The molecule has 1 aliphatic heterocycles. The molecule has 0 saturated heterocycles. The number of methoxy groups -OCH3 is 1. The number of ether oxygens (including phenoxy) is 3. The quantitative estimate of drug-likeness (QED) is 0.351. The fraction of sp³-hybridized carbons (Fsp3) is 0.269. The Labute approximate surface area is 229 Å². The molecular formula is C26H24Br2N2O5S. The van der Waals surface area contributed by atoms with E-state index in [0.717, 1.165) is 10.0 Å². The van der Waals surface area contributed by atoms with E-state index in [0.29, 0.717) is 48.7 Å². The summed E-state index contributed by atoms with van der Waals surface area (Å²) in [5, 5.41) is 0. The second kappa shape index (κ2) is 11.1. The number of benzene rings is 2. The van der Waals surface area contributed by atoms with Crippen molar-refractivity contribution in [3.63, 3.8) is 0 Å². The van der Waals surface area contributed by atoms with E-state index >= 15 is 0 Å². The van der Waals surface area contributed by atoms with Gasteiger partial charge in [0.25, 0.3) is 5.56 Å². The van der Waals surface area contributed by atoms with Gasteiger partial charge in [0.05, 0.1) is 42.2 Å². The Morgan fingerprint density at radius 3 is 2.50 bits per heavy atom. The molecule has 3 aromatic rings. The van der Waals surface area contributed by atoms with E-state index in [9.17, 15) is 9.59 Å². The molecule has 188 valence electrons. The van der Waals surface area contributed by atoms with Crippen molar-refractivity contribution in [1.29, 1.82) is 0 Å². The van der Waals surface area contributed by atoms with Gasteiger partial charge in [-0.2, -0.15) is 0 Å². The molecule has 10 heteroatoms. The molecule has 0 saturated carbocycles. The van der Waals surface area contributed by atoms with Crippen LogP contribution in [0.2, 0.25) is 0 Å². The Morgan fingerprint density at radius 1 is 1.14 bits per heavy atom. The van der Waals surface area contributed by atoms with Crippen LogP contribution in [-0.2, 0) is 9.53 Å². The van der Waals surface area contributed by atoms with Crippen molar-refractivity contribution in [2.24, 2.45) is 4.99 Å². The van der Waals surface area contributed by atoms with Crippen molar-refractivity contribution in [2.75, 3.05) is 20.3 Å². The lowest BCUT2D eigenvalue weighted by atomic mass is 9.95. The molecule has 0 amide bonds. The zero-order valence-corrected chi connectivity index (χ0v) is 24.1. The van der Waals surface area contributed by atoms with Crippen molar-refractivity contribution in [3.05, 3.63) is 87.4 Å². The van der Waals surface area contributed by atoms with Crippen molar-refractivity contribution in [3.8, 4) is 11.5 Å². The number of allylic oxidation sites excluding steroid dienone is 1. The van der Waals surface area contributed by atoms with Crippen LogP contribution in [0.15, 0.2) is 66.4 Å². The molecule has 7 nitrogen and oxygen atoms in total. The van der Waals surface area contributed by atoms with E-state index in [1.807, 2.05) is 37.3 Å². The summed E-state index contributed by atoms with van der Waals surface area (Å²) < 4.78 is 20.3. The van der Waals surface area contributed by atoms with Crippen molar-refractivity contribution in [2.45, 2.75) is 26.8 Å². The number of esters is 1. The maximum absolute atomic E-state index is 13.8. The van der Waals surface area contributed by atoms with Gasteiger partial charge in [0.15, 0.2) is 16.3 Å². The van der Waals surface area contributed by atoms with E-state index in [4.69, 9.17) is 14.2 Å². The fourth-order valence-electron chi connectivity index (χ4n) is 3.98. The zero-order valence-electron chi connectivity index (χ0n) is 20.1. The summed E-state index contributed by atoms with van der Waals surface area (Å²) in [6.45, 7) is 6.04. The largest absolute Gasteiger partial charge is 0.493 e. The van der Waals surface area contributed by atoms with Gasteiger partial charge >= 0.3 is 5.97 Å². The number of thiazole rings is 1. The third-order valence-electron chi connectivity index (χ3n) is 5.56. The van der Waals surface area contributed by atoms with Gasteiger partial charge in [-0.1, -0.05) is 55.3 Å².